The first-order chi connectivity index (χ1) is 17.0. The quantitative estimate of drug-likeness (QED) is 0.525. The molecule has 0 heterocycles. The number of ether oxygens (including phenoxy) is 4. The molecule has 0 saturated carbocycles. The van der Waals surface area contributed by atoms with Crippen LogP contribution in [0.1, 0.15) is 19.4 Å². The average Bonchev–Trinajstić information content (AvgIpc) is 2.74. The maximum Gasteiger partial charge on any atom is 0.322 e. The van der Waals surface area contributed by atoms with Crippen molar-refractivity contribution in [3.63, 3.8) is 0 Å². The van der Waals surface area contributed by atoms with Crippen LogP contribution in [0, 0.1) is 0 Å². The van der Waals surface area contributed by atoms with Crippen molar-refractivity contribution in [2.24, 2.45) is 0 Å². The van der Waals surface area contributed by atoms with Gasteiger partial charge in [0, 0.05) is 17.5 Å². The van der Waals surface area contributed by atoms with Crippen LogP contribution in [-0.2, 0) is 20.4 Å². The summed E-state index contributed by atoms with van der Waals surface area (Å²) in [5, 5.41) is 12.3. The summed E-state index contributed by atoms with van der Waals surface area (Å²) in [6.07, 6.45) is 1.06. The lowest BCUT2D eigenvalue weighted by Gasteiger charge is -2.13. The molecule has 0 fully saturated rings. The highest BCUT2D eigenvalue weighted by Gasteiger charge is 2.15. The van der Waals surface area contributed by atoms with Crippen molar-refractivity contribution in [1.82, 2.24) is 0 Å². The number of hydrogen-bond acceptors (Lipinski definition) is 8. The van der Waals surface area contributed by atoms with E-state index in [-0.39, 0.29) is 22.7 Å². The van der Waals surface area contributed by atoms with Gasteiger partial charge in [0.05, 0.1) is 53.5 Å². The molecule has 0 aliphatic carbocycles. The minimum absolute atomic E-state index is 0.0846. The first-order valence-electron chi connectivity index (χ1n) is 11.7. The lowest BCUT2D eigenvalue weighted by atomic mass is 10.1. The van der Waals surface area contributed by atoms with Crippen LogP contribution in [-0.4, -0.2) is 54.3 Å². The fraction of sp³-hybridized carbons (Fsp3) is 0.286. The van der Waals surface area contributed by atoms with Crippen molar-refractivity contribution in [2.75, 3.05) is 40.2 Å². The van der Waals surface area contributed by atoms with Crippen LogP contribution in [0.25, 0.3) is 6.08 Å². The number of sulfone groups is 1. The van der Waals surface area contributed by atoms with Crippen molar-refractivity contribution in [3.05, 3.63) is 46.9 Å². The molecule has 0 aliphatic rings. The molecule has 2 N–H and O–H groups in total. The summed E-state index contributed by atoms with van der Waals surface area (Å²) in [7, 11) is -7.17. The lowest BCUT2D eigenvalue weighted by molar-refractivity contribution is -0.134. The molecule has 0 saturated heterocycles. The standard InChI is InChI=1S/C21H25NO8S/c1-27-15-10-19(29-3)16(20(11-15)30-4)7-8-31(25,26)13-14-5-6-18(28-2)17(9-14)22-12-21(23)24/h5-11,22H,12-13H2,1-4H3,(H,23,24)/b8-7+/i1D3,3D3. The van der Waals surface area contributed by atoms with Gasteiger partial charge in [-0.05, 0) is 23.8 Å². The molecule has 2 aromatic carbocycles. The zero-order chi connectivity index (χ0) is 28.0. The van der Waals surface area contributed by atoms with Gasteiger partial charge in [0.1, 0.15) is 29.5 Å². The third-order valence-corrected chi connectivity index (χ3v) is 5.32. The minimum atomic E-state index is -3.96. The zero-order valence-corrected chi connectivity index (χ0v) is 17.5. The first-order valence-corrected chi connectivity index (χ1v) is 10.4. The number of hydrogen-bond donors (Lipinski definition) is 2. The Bertz CT molecular complexity index is 1260. The van der Waals surface area contributed by atoms with E-state index < -0.39 is 47.9 Å². The van der Waals surface area contributed by atoms with Crippen molar-refractivity contribution in [2.45, 2.75) is 5.75 Å². The fourth-order valence-electron chi connectivity index (χ4n) is 2.66. The van der Waals surface area contributed by atoms with E-state index in [9.17, 15) is 13.2 Å². The Balaban J connectivity index is 2.43. The van der Waals surface area contributed by atoms with E-state index in [1.807, 2.05) is 0 Å². The van der Waals surface area contributed by atoms with Crippen LogP contribution >= 0.6 is 0 Å². The second kappa shape index (κ2) is 10.6. The van der Waals surface area contributed by atoms with E-state index in [4.69, 9.17) is 32.3 Å². The van der Waals surface area contributed by atoms with E-state index in [1.54, 1.807) is 0 Å². The molecule has 0 bridgehead atoms. The molecule has 0 amide bonds. The van der Waals surface area contributed by atoms with Gasteiger partial charge in [0.15, 0.2) is 9.84 Å². The largest absolute Gasteiger partial charge is 0.496 e. The first kappa shape index (κ1) is 16.3. The molecule has 2 rings (SSSR count). The van der Waals surface area contributed by atoms with Gasteiger partial charge in [0.25, 0.3) is 0 Å². The van der Waals surface area contributed by atoms with Crippen LogP contribution in [0.3, 0.4) is 0 Å². The summed E-state index contributed by atoms with van der Waals surface area (Å²) in [6.45, 7) is -0.417. The normalized spacial score (nSPS) is 14.9. The van der Waals surface area contributed by atoms with E-state index in [0.717, 1.165) is 23.6 Å². The third-order valence-electron chi connectivity index (χ3n) is 4.03. The van der Waals surface area contributed by atoms with Crippen LogP contribution < -0.4 is 24.3 Å². The summed E-state index contributed by atoms with van der Waals surface area (Å²) in [5.74, 6) is -2.08. The number of carboxylic acids is 1. The second-order valence-corrected chi connectivity index (χ2v) is 8.02. The van der Waals surface area contributed by atoms with Crippen molar-refractivity contribution >= 4 is 27.6 Å². The maximum absolute atomic E-state index is 12.8. The summed E-state index contributed by atoms with van der Waals surface area (Å²) in [6, 6.07) is 6.54. The number of nitrogens with one attached hydrogen (secondary N) is 1. The monoisotopic (exact) mass is 457 g/mol. The molecule has 0 spiro atoms. The predicted octanol–water partition coefficient (Wildman–Crippen LogP) is 2.80. The Labute approximate surface area is 189 Å². The Hall–Kier alpha value is -3.40. The molecular formula is C21H25NO8S. The summed E-state index contributed by atoms with van der Waals surface area (Å²) in [5.41, 5.74) is 0.505. The molecule has 0 radical (unpaired) electrons. The van der Waals surface area contributed by atoms with E-state index in [2.05, 4.69) is 5.32 Å². The molecule has 31 heavy (non-hydrogen) atoms. The highest BCUT2D eigenvalue weighted by Crippen LogP contribution is 2.35. The van der Waals surface area contributed by atoms with Gasteiger partial charge in [-0.15, -0.1) is 0 Å². The van der Waals surface area contributed by atoms with E-state index in [0.29, 0.717) is 11.3 Å². The molecule has 0 unspecified atom stereocenters. The Kier molecular flexibility index (Phi) is 5.57. The minimum Gasteiger partial charge on any atom is -0.496 e. The van der Waals surface area contributed by atoms with Crippen molar-refractivity contribution in [1.29, 1.82) is 0 Å². The second-order valence-electron chi connectivity index (χ2n) is 6.13. The van der Waals surface area contributed by atoms with Crippen LogP contribution in [0.15, 0.2) is 35.7 Å². The van der Waals surface area contributed by atoms with Crippen LogP contribution in [0.2, 0.25) is 0 Å². The van der Waals surface area contributed by atoms with Gasteiger partial charge in [-0.25, -0.2) is 8.42 Å². The number of methoxy groups -OCH3 is 4. The van der Waals surface area contributed by atoms with Gasteiger partial charge in [-0.2, -0.15) is 0 Å². The summed E-state index contributed by atoms with van der Waals surface area (Å²) in [4.78, 5) is 10.9. The SMILES string of the molecule is [2H]C([2H])([2H])Oc1cc(OC)c(/C=C/S(=O)(=O)Cc2ccc(OC)c(NCC(=O)O)c2)c(OC([2H])([2H])[2H])c1. The molecule has 0 aromatic heterocycles. The predicted molar refractivity (Wildman–Crippen MR) is 117 cm³/mol. The highest BCUT2D eigenvalue weighted by molar-refractivity contribution is 7.93. The topological polar surface area (TPSA) is 120 Å². The number of carbonyl (C=O) groups is 1. The number of benzene rings is 2. The highest BCUT2D eigenvalue weighted by atomic mass is 32.2. The van der Waals surface area contributed by atoms with E-state index >= 15 is 0 Å². The van der Waals surface area contributed by atoms with Gasteiger partial charge < -0.3 is 29.4 Å². The van der Waals surface area contributed by atoms with Crippen molar-refractivity contribution < 1.29 is 45.5 Å². The Morgan fingerprint density at radius 3 is 2.35 bits per heavy atom. The Morgan fingerprint density at radius 2 is 1.74 bits per heavy atom. The molecule has 2 aromatic rings. The van der Waals surface area contributed by atoms with Gasteiger partial charge in [0.2, 0.25) is 0 Å². The lowest BCUT2D eigenvalue weighted by Crippen LogP contribution is -2.13. The summed E-state index contributed by atoms with van der Waals surface area (Å²) < 4.78 is 89.6. The van der Waals surface area contributed by atoms with Crippen LogP contribution in [0.4, 0.5) is 5.69 Å². The molecule has 9 nitrogen and oxygen atoms in total. The molecule has 0 aliphatic heterocycles. The molecule has 10 heteroatoms. The van der Waals surface area contributed by atoms with Gasteiger partial charge in [-0.3, -0.25) is 4.79 Å². The fourth-order valence-corrected chi connectivity index (χ4v) is 3.74. The summed E-state index contributed by atoms with van der Waals surface area (Å²) >= 11 is 0. The maximum atomic E-state index is 12.8. The zero-order valence-electron chi connectivity index (χ0n) is 22.7. The number of anilines is 1. The molecule has 0 atom stereocenters. The van der Waals surface area contributed by atoms with Crippen molar-refractivity contribution in [3.8, 4) is 23.0 Å². The van der Waals surface area contributed by atoms with E-state index in [1.165, 1.54) is 32.4 Å². The van der Waals surface area contributed by atoms with Gasteiger partial charge >= 0.3 is 5.97 Å². The number of carboxylic acid groups (broad SMARTS) is 1. The molecular weight excluding hydrogens is 426 g/mol. The third kappa shape index (κ3) is 6.54. The van der Waals surface area contributed by atoms with Gasteiger partial charge in [-0.1, -0.05) is 6.07 Å². The number of aliphatic carboxylic acids is 1. The average molecular weight is 458 g/mol. The van der Waals surface area contributed by atoms with Crippen LogP contribution in [0.5, 0.6) is 23.0 Å². The molecule has 168 valence electrons. The smallest absolute Gasteiger partial charge is 0.322 e. The number of rotatable bonds is 11. The Morgan fingerprint density at radius 1 is 1.06 bits per heavy atom.